The third-order valence-corrected chi connectivity index (χ3v) is 7.34. The SMILES string of the molecule is CC(C)[C@H](COC(=O)C(F)(F)F)Nc1nc(N2CCN(c3ccncn3)CC2)nc2c1S(=O)CC2. The number of esters is 1. The summed E-state index contributed by atoms with van der Waals surface area (Å²) in [7, 11) is -1.33. The van der Waals surface area contributed by atoms with E-state index in [0.717, 1.165) is 5.82 Å². The number of nitrogens with one attached hydrogen (secondary N) is 1. The first-order chi connectivity index (χ1) is 16.6. The Hall–Kier alpha value is -3.03. The molecule has 2 aromatic heterocycles. The fourth-order valence-corrected chi connectivity index (χ4v) is 5.17. The molecule has 1 unspecified atom stereocenters. The Morgan fingerprint density at radius 1 is 1.20 bits per heavy atom. The highest BCUT2D eigenvalue weighted by Crippen LogP contribution is 2.31. The van der Waals surface area contributed by atoms with E-state index in [0.29, 0.717) is 60.7 Å². The quantitative estimate of drug-likeness (QED) is 0.550. The Bertz CT molecular complexity index is 1080. The topological polar surface area (TPSA) is 113 Å². The first-order valence-electron chi connectivity index (χ1n) is 11.2. The number of rotatable bonds is 7. The van der Waals surface area contributed by atoms with Crippen LogP contribution in [-0.2, 0) is 26.8 Å². The number of carbonyl (C=O) groups is 1. The molecule has 0 aromatic carbocycles. The van der Waals surface area contributed by atoms with E-state index in [-0.39, 0.29) is 5.92 Å². The average Bonchev–Trinajstić information content (AvgIpc) is 3.22. The monoisotopic (exact) mass is 513 g/mol. The van der Waals surface area contributed by atoms with Crippen LogP contribution in [-0.4, -0.2) is 80.9 Å². The molecule has 0 aliphatic carbocycles. The van der Waals surface area contributed by atoms with Crippen molar-refractivity contribution >= 4 is 34.4 Å². The number of halogens is 3. The molecule has 14 heteroatoms. The molecule has 4 rings (SSSR count). The molecule has 0 spiro atoms. The van der Waals surface area contributed by atoms with Crippen LogP contribution < -0.4 is 15.1 Å². The number of alkyl halides is 3. The van der Waals surface area contributed by atoms with Gasteiger partial charge in [-0.2, -0.15) is 18.2 Å². The summed E-state index contributed by atoms with van der Waals surface area (Å²) in [6.45, 7) is 5.69. The Balaban J connectivity index is 1.52. The molecule has 0 bridgehead atoms. The molecule has 10 nitrogen and oxygen atoms in total. The largest absolute Gasteiger partial charge is 0.490 e. The number of ether oxygens (including phenoxy) is 1. The van der Waals surface area contributed by atoms with E-state index in [1.54, 1.807) is 20.0 Å². The molecule has 1 saturated heterocycles. The summed E-state index contributed by atoms with van der Waals surface area (Å²) in [6.07, 6.45) is -1.36. The van der Waals surface area contributed by atoms with E-state index < -0.39 is 35.6 Å². The number of nitrogens with zero attached hydrogens (tertiary/aromatic N) is 6. The van der Waals surface area contributed by atoms with Gasteiger partial charge in [0.15, 0.2) is 0 Å². The third-order valence-electron chi connectivity index (χ3n) is 5.88. The van der Waals surface area contributed by atoms with Gasteiger partial charge in [-0.05, 0) is 12.0 Å². The summed E-state index contributed by atoms with van der Waals surface area (Å²) < 4.78 is 54.9. The first-order valence-corrected chi connectivity index (χ1v) is 12.5. The zero-order chi connectivity index (χ0) is 25.2. The van der Waals surface area contributed by atoms with Crippen molar-refractivity contribution in [3.8, 4) is 0 Å². The second-order valence-corrected chi connectivity index (χ2v) is 10.1. The lowest BCUT2D eigenvalue weighted by Gasteiger charge is -2.35. The highest BCUT2D eigenvalue weighted by Gasteiger charge is 2.41. The molecular formula is C21H26F3N7O3S. The standard InChI is InChI=1S/C21H26F3N7O3S/c1-13(2)15(11-34-19(32)21(22,23)24)27-18-17-14(4-10-35(17)33)28-20(29-18)31-8-6-30(7-9-31)16-3-5-25-12-26-16/h3,5,12-13,15H,4,6-11H2,1-2H3,(H,27,28,29)/t15-,35?/m0/s1. The molecule has 2 aliphatic rings. The molecule has 1 fully saturated rings. The summed E-state index contributed by atoms with van der Waals surface area (Å²) in [6, 6.07) is 1.18. The van der Waals surface area contributed by atoms with Crippen molar-refractivity contribution in [1.29, 1.82) is 0 Å². The number of hydrogen-bond acceptors (Lipinski definition) is 10. The normalized spacial score (nSPS) is 19.0. The number of aromatic nitrogens is 4. The molecule has 0 saturated carbocycles. The molecule has 35 heavy (non-hydrogen) atoms. The van der Waals surface area contributed by atoms with Crippen LogP contribution in [0.4, 0.5) is 30.8 Å². The van der Waals surface area contributed by atoms with Crippen LogP contribution in [0.5, 0.6) is 0 Å². The van der Waals surface area contributed by atoms with Gasteiger partial charge < -0.3 is 19.9 Å². The molecule has 4 heterocycles. The van der Waals surface area contributed by atoms with Crippen LogP contribution in [0.15, 0.2) is 23.5 Å². The van der Waals surface area contributed by atoms with Crippen LogP contribution in [0.25, 0.3) is 0 Å². The maximum absolute atomic E-state index is 12.6. The molecule has 2 aromatic rings. The second-order valence-electron chi connectivity index (χ2n) is 8.58. The van der Waals surface area contributed by atoms with E-state index in [4.69, 9.17) is 0 Å². The Kier molecular flexibility index (Phi) is 7.38. The van der Waals surface area contributed by atoms with Gasteiger partial charge in [-0.3, -0.25) is 4.21 Å². The minimum absolute atomic E-state index is 0.198. The smallest absolute Gasteiger partial charge is 0.457 e. The van der Waals surface area contributed by atoms with Crippen molar-refractivity contribution in [2.75, 3.05) is 53.7 Å². The van der Waals surface area contributed by atoms with Gasteiger partial charge in [-0.15, -0.1) is 0 Å². The van der Waals surface area contributed by atoms with Crippen molar-refractivity contribution in [3.05, 3.63) is 24.3 Å². The molecule has 2 aliphatic heterocycles. The second kappa shape index (κ2) is 10.3. The van der Waals surface area contributed by atoms with Gasteiger partial charge in [0, 0.05) is 44.5 Å². The molecule has 1 N–H and O–H groups in total. The summed E-state index contributed by atoms with van der Waals surface area (Å²) in [5, 5.41) is 3.09. The van der Waals surface area contributed by atoms with Crippen molar-refractivity contribution in [3.63, 3.8) is 0 Å². The van der Waals surface area contributed by atoms with E-state index in [1.165, 1.54) is 6.33 Å². The minimum atomic E-state index is -5.07. The Labute approximate surface area is 202 Å². The van der Waals surface area contributed by atoms with Gasteiger partial charge in [0.2, 0.25) is 5.95 Å². The molecule has 2 atom stereocenters. The Morgan fingerprint density at radius 2 is 1.91 bits per heavy atom. The van der Waals surface area contributed by atoms with Gasteiger partial charge in [0.05, 0.1) is 22.5 Å². The molecule has 190 valence electrons. The van der Waals surface area contributed by atoms with Crippen molar-refractivity contribution in [1.82, 2.24) is 19.9 Å². The fourth-order valence-electron chi connectivity index (χ4n) is 3.85. The fraction of sp³-hybridized carbons (Fsp3) is 0.571. The van der Waals surface area contributed by atoms with Crippen LogP contribution in [0.2, 0.25) is 0 Å². The van der Waals surface area contributed by atoms with Crippen LogP contribution in [0, 0.1) is 5.92 Å². The number of anilines is 3. The summed E-state index contributed by atoms with van der Waals surface area (Å²) in [4.78, 5) is 33.3. The van der Waals surface area contributed by atoms with Crippen LogP contribution in [0.1, 0.15) is 19.5 Å². The van der Waals surface area contributed by atoms with E-state index in [2.05, 4.69) is 34.9 Å². The predicted molar refractivity (Wildman–Crippen MR) is 123 cm³/mol. The van der Waals surface area contributed by atoms with Crippen LogP contribution in [0.3, 0.4) is 0 Å². The lowest BCUT2D eigenvalue weighted by molar-refractivity contribution is -0.200. The molecule has 0 amide bonds. The molecular weight excluding hydrogens is 487 g/mol. The van der Waals surface area contributed by atoms with Gasteiger partial charge >= 0.3 is 12.1 Å². The van der Waals surface area contributed by atoms with Crippen molar-refractivity contribution in [2.45, 2.75) is 37.4 Å². The summed E-state index contributed by atoms with van der Waals surface area (Å²) >= 11 is 0. The maximum atomic E-state index is 12.6. The van der Waals surface area contributed by atoms with Gasteiger partial charge in [0.1, 0.15) is 29.5 Å². The van der Waals surface area contributed by atoms with E-state index >= 15 is 0 Å². The summed E-state index contributed by atoms with van der Waals surface area (Å²) in [5.41, 5.74) is 0.656. The van der Waals surface area contributed by atoms with Gasteiger partial charge in [0.25, 0.3) is 0 Å². The van der Waals surface area contributed by atoms with Crippen molar-refractivity contribution < 1.29 is 26.9 Å². The zero-order valence-corrected chi connectivity index (χ0v) is 20.1. The maximum Gasteiger partial charge on any atom is 0.490 e. The van der Waals surface area contributed by atoms with Crippen molar-refractivity contribution in [2.24, 2.45) is 5.92 Å². The molecule has 0 radical (unpaired) electrons. The number of fused-ring (bicyclic) bond motifs is 1. The van der Waals surface area contributed by atoms with Gasteiger partial charge in [-0.25, -0.2) is 19.7 Å². The number of hydrogen-bond donors (Lipinski definition) is 1. The third kappa shape index (κ3) is 5.80. The minimum Gasteiger partial charge on any atom is -0.457 e. The highest BCUT2D eigenvalue weighted by molar-refractivity contribution is 7.85. The van der Waals surface area contributed by atoms with E-state index in [1.807, 2.05) is 11.0 Å². The number of aryl methyl sites for hydroxylation is 1. The average molecular weight is 514 g/mol. The lowest BCUT2D eigenvalue weighted by atomic mass is 10.1. The predicted octanol–water partition coefficient (Wildman–Crippen LogP) is 1.80. The Morgan fingerprint density at radius 3 is 2.54 bits per heavy atom. The van der Waals surface area contributed by atoms with Crippen LogP contribution >= 0.6 is 0 Å². The zero-order valence-electron chi connectivity index (χ0n) is 19.3. The van der Waals surface area contributed by atoms with E-state index in [9.17, 15) is 22.2 Å². The highest BCUT2D eigenvalue weighted by atomic mass is 32.2. The summed E-state index contributed by atoms with van der Waals surface area (Å²) in [5.74, 6) is -0.442. The van der Waals surface area contributed by atoms with Gasteiger partial charge in [-0.1, -0.05) is 13.8 Å². The number of piperazine rings is 1. The first kappa shape index (κ1) is 25.1. The number of carbonyl (C=O) groups excluding carboxylic acids is 1. The lowest BCUT2D eigenvalue weighted by Crippen LogP contribution is -2.47.